The van der Waals surface area contributed by atoms with Crippen LogP contribution in [-0.2, 0) is 22.1 Å². The minimum Gasteiger partial charge on any atom is -0.381 e. The molecule has 5 nitrogen and oxygen atoms in total. The molecule has 2 saturated heterocycles. The number of carbonyl (C=O) groups is 1. The number of nitrogens with zero attached hydrogens (tertiary/aromatic N) is 3. The van der Waals surface area contributed by atoms with E-state index in [9.17, 15) is 22.4 Å². The van der Waals surface area contributed by atoms with Gasteiger partial charge in [0.15, 0.2) is 0 Å². The molecular formula is C26H27F4N3O2. The first-order chi connectivity index (χ1) is 16.6. The lowest BCUT2D eigenvalue weighted by Gasteiger charge is -2.44. The summed E-state index contributed by atoms with van der Waals surface area (Å²) in [5.74, 6) is -0.406. The van der Waals surface area contributed by atoms with E-state index in [1.165, 1.54) is 18.2 Å². The number of halogens is 4. The Morgan fingerprint density at radius 1 is 1.20 bits per heavy atom. The first kappa shape index (κ1) is 25.0. The number of likely N-dealkylation sites (tertiary alicyclic amines) is 1. The molecule has 2 aliphatic rings. The summed E-state index contributed by atoms with van der Waals surface area (Å²) in [4.78, 5) is 16.8. The Labute approximate surface area is 201 Å². The van der Waals surface area contributed by atoms with Crippen molar-refractivity contribution in [1.82, 2.24) is 4.90 Å². The van der Waals surface area contributed by atoms with Crippen LogP contribution in [0.15, 0.2) is 42.5 Å². The van der Waals surface area contributed by atoms with E-state index < -0.39 is 17.3 Å². The van der Waals surface area contributed by atoms with E-state index in [1.54, 1.807) is 29.2 Å². The van der Waals surface area contributed by atoms with Gasteiger partial charge in [-0.3, -0.25) is 4.79 Å². The van der Waals surface area contributed by atoms with Gasteiger partial charge in [0.2, 0.25) is 5.91 Å². The number of hydrogen-bond donors (Lipinski definition) is 0. The second-order valence-electron chi connectivity index (χ2n) is 9.31. The highest BCUT2D eigenvalue weighted by Gasteiger charge is 2.51. The lowest BCUT2D eigenvalue weighted by Crippen LogP contribution is -2.49. The van der Waals surface area contributed by atoms with Crippen LogP contribution in [0.25, 0.3) is 0 Å². The molecule has 4 rings (SSSR count). The van der Waals surface area contributed by atoms with Crippen LogP contribution in [0, 0.1) is 28.5 Å². The minimum atomic E-state index is -4.62. The Morgan fingerprint density at radius 3 is 2.60 bits per heavy atom. The molecule has 0 saturated carbocycles. The van der Waals surface area contributed by atoms with Gasteiger partial charge in [0.05, 0.1) is 30.2 Å². The normalized spacial score (nSPS) is 22.1. The number of alkyl halides is 3. The highest BCUT2D eigenvalue weighted by molar-refractivity contribution is 5.79. The van der Waals surface area contributed by atoms with Gasteiger partial charge >= 0.3 is 6.18 Å². The summed E-state index contributed by atoms with van der Waals surface area (Å²) in [6.07, 6.45) is -3.79. The van der Waals surface area contributed by atoms with E-state index in [-0.39, 0.29) is 29.5 Å². The maximum atomic E-state index is 13.5. The van der Waals surface area contributed by atoms with Gasteiger partial charge in [-0.2, -0.15) is 18.4 Å². The van der Waals surface area contributed by atoms with Gasteiger partial charge in [0, 0.05) is 49.8 Å². The van der Waals surface area contributed by atoms with Crippen molar-refractivity contribution in [2.75, 3.05) is 44.3 Å². The molecule has 0 N–H and O–H groups in total. The van der Waals surface area contributed by atoms with Crippen LogP contribution >= 0.6 is 0 Å². The monoisotopic (exact) mass is 489 g/mol. The Morgan fingerprint density at radius 2 is 1.94 bits per heavy atom. The predicted molar refractivity (Wildman–Crippen MR) is 122 cm³/mol. The highest BCUT2D eigenvalue weighted by atomic mass is 19.4. The van der Waals surface area contributed by atoms with Crippen LogP contribution in [0.4, 0.5) is 23.2 Å². The zero-order chi connectivity index (χ0) is 25.2. The predicted octanol–water partition coefficient (Wildman–Crippen LogP) is 4.65. The van der Waals surface area contributed by atoms with Crippen LogP contribution in [0.5, 0.6) is 0 Å². The molecular weight excluding hydrogens is 462 g/mol. The standard InChI is InChI=1S/C26H27F4N3O2/c1-2-35-17-25-9-10-32(22-8-5-19(13-31)23(12-22)26(28,29)30)14-20(25)15-33(16-25)24(34)11-18-3-6-21(27)7-4-18/h3-8,12,20H,2,9-11,14-17H2,1H3. The molecule has 2 atom stereocenters. The van der Waals surface area contributed by atoms with E-state index in [4.69, 9.17) is 10.00 Å². The molecule has 1 amide bonds. The van der Waals surface area contributed by atoms with E-state index in [1.807, 2.05) is 11.8 Å². The fourth-order valence-electron chi connectivity index (χ4n) is 5.20. The number of hydrogen-bond acceptors (Lipinski definition) is 4. The van der Waals surface area contributed by atoms with Crippen molar-refractivity contribution in [1.29, 1.82) is 5.26 Å². The zero-order valence-corrected chi connectivity index (χ0v) is 19.4. The average molecular weight is 490 g/mol. The largest absolute Gasteiger partial charge is 0.417 e. The molecule has 35 heavy (non-hydrogen) atoms. The van der Waals surface area contributed by atoms with Crippen LogP contribution in [0.3, 0.4) is 0 Å². The van der Waals surface area contributed by atoms with Gasteiger partial charge < -0.3 is 14.5 Å². The number of amides is 1. The van der Waals surface area contributed by atoms with Gasteiger partial charge in [0.25, 0.3) is 0 Å². The molecule has 9 heteroatoms. The molecule has 2 heterocycles. The van der Waals surface area contributed by atoms with E-state index in [0.29, 0.717) is 51.5 Å². The molecule has 186 valence electrons. The number of nitriles is 1. The second kappa shape index (κ2) is 9.86. The fourth-order valence-corrected chi connectivity index (χ4v) is 5.20. The molecule has 0 radical (unpaired) electrons. The molecule has 2 aromatic carbocycles. The van der Waals surface area contributed by atoms with Crippen LogP contribution < -0.4 is 4.90 Å². The highest BCUT2D eigenvalue weighted by Crippen LogP contribution is 2.45. The molecule has 2 fully saturated rings. The third kappa shape index (κ3) is 5.27. The third-order valence-electron chi connectivity index (χ3n) is 7.14. The second-order valence-corrected chi connectivity index (χ2v) is 9.31. The maximum absolute atomic E-state index is 13.5. The SMILES string of the molecule is CCOCC12CCN(c3ccc(C#N)c(C(F)(F)F)c3)CC1CN(C(=O)Cc1ccc(F)cc1)C2. The van der Waals surface area contributed by atoms with Crippen LogP contribution in [0.2, 0.25) is 0 Å². The molecule has 2 aromatic rings. The summed E-state index contributed by atoms with van der Waals surface area (Å²) >= 11 is 0. The van der Waals surface area contributed by atoms with Crippen LogP contribution in [-0.4, -0.2) is 50.2 Å². The smallest absolute Gasteiger partial charge is 0.381 e. The maximum Gasteiger partial charge on any atom is 0.417 e. The molecule has 2 unspecified atom stereocenters. The Hall–Kier alpha value is -3.12. The number of piperidine rings is 1. The summed E-state index contributed by atoms with van der Waals surface area (Å²) in [6, 6.07) is 11.3. The number of carbonyl (C=O) groups excluding carboxylic acids is 1. The third-order valence-corrected chi connectivity index (χ3v) is 7.14. The quantitative estimate of drug-likeness (QED) is 0.555. The van der Waals surface area contributed by atoms with Crippen molar-refractivity contribution < 1.29 is 27.1 Å². The topological polar surface area (TPSA) is 56.6 Å². The number of ether oxygens (including phenoxy) is 1. The number of fused-ring (bicyclic) bond motifs is 1. The van der Waals surface area contributed by atoms with E-state index in [0.717, 1.165) is 11.6 Å². The first-order valence-corrected chi connectivity index (χ1v) is 11.6. The molecule has 0 aliphatic carbocycles. The summed E-state index contributed by atoms with van der Waals surface area (Å²) in [7, 11) is 0. The van der Waals surface area contributed by atoms with Gasteiger partial charge in [-0.25, -0.2) is 4.39 Å². The summed E-state index contributed by atoms with van der Waals surface area (Å²) in [6.45, 7) is 4.92. The zero-order valence-electron chi connectivity index (χ0n) is 19.4. The van der Waals surface area contributed by atoms with Crippen molar-refractivity contribution in [3.8, 4) is 6.07 Å². The van der Waals surface area contributed by atoms with Crippen molar-refractivity contribution in [3.63, 3.8) is 0 Å². The minimum absolute atomic E-state index is 0.0185. The lowest BCUT2D eigenvalue weighted by atomic mass is 9.73. The van der Waals surface area contributed by atoms with Gasteiger partial charge in [-0.05, 0) is 49.2 Å². The molecule has 0 aromatic heterocycles. The summed E-state index contributed by atoms with van der Waals surface area (Å²) < 4.78 is 59.5. The van der Waals surface area contributed by atoms with Gasteiger partial charge in [-0.1, -0.05) is 12.1 Å². The number of rotatable bonds is 6. The number of benzene rings is 2. The molecule has 0 spiro atoms. The van der Waals surface area contributed by atoms with Crippen molar-refractivity contribution in [2.24, 2.45) is 11.3 Å². The van der Waals surface area contributed by atoms with Crippen molar-refractivity contribution in [3.05, 3.63) is 65.0 Å². The van der Waals surface area contributed by atoms with Crippen LogP contribution in [0.1, 0.15) is 30.0 Å². The fraction of sp³-hybridized carbons (Fsp3) is 0.462. The Kier molecular flexibility index (Phi) is 7.04. The van der Waals surface area contributed by atoms with Crippen molar-refractivity contribution in [2.45, 2.75) is 25.9 Å². The Bertz CT molecular complexity index is 1110. The molecule has 2 aliphatic heterocycles. The van der Waals surface area contributed by atoms with Crippen molar-refractivity contribution >= 4 is 11.6 Å². The average Bonchev–Trinajstić information content (AvgIpc) is 3.22. The summed E-state index contributed by atoms with van der Waals surface area (Å²) in [5, 5.41) is 9.09. The van der Waals surface area contributed by atoms with E-state index in [2.05, 4.69) is 0 Å². The number of anilines is 1. The van der Waals surface area contributed by atoms with E-state index >= 15 is 0 Å². The van der Waals surface area contributed by atoms with Gasteiger partial charge in [-0.15, -0.1) is 0 Å². The van der Waals surface area contributed by atoms with Gasteiger partial charge in [0.1, 0.15) is 5.82 Å². The summed E-state index contributed by atoms with van der Waals surface area (Å²) in [5.41, 5.74) is -0.472. The lowest BCUT2D eigenvalue weighted by molar-refractivity contribution is -0.137. The molecule has 0 bridgehead atoms. The Balaban J connectivity index is 1.53. The first-order valence-electron chi connectivity index (χ1n) is 11.6.